The van der Waals surface area contributed by atoms with Crippen molar-refractivity contribution in [3.05, 3.63) is 47.9 Å². The number of carbonyl (C=O) groups excluding carboxylic acids is 1. The monoisotopic (exact) mass is 378 g/mol. The number of nitrogens with zero attached hydrogens (tertiary/aromatic N) is 4. The van der Waals surface area contributed by atoms with Crippen molar-refractivity contribution in [1.29, 1.82) is 0 Å². The highest BCUT2D eigenvalue weighted by Gasteiger charge is 2.38. The topological polar surface area (TPSA) is 101 Å². The van der Waals surface area contributed by atoms with Crippen LogP contribution >= 0.6 is 0 Å². The Kier molecular flexibility index (Phi) is 3.92. The predicted molar refractivity (Wildman–Crippen MR) is 103 cm³/mol. The minimum absolute atomic E-state index is 0.0740. The summed E-state index contributed by atoms with van der Waals surface area (Å²) in [6, 6.07) is 3.82. The second kappa shape index (κ2) is 6.47. The van der Waals surface area contributed by atoms with E-state index in [1.54, 1.807) is 25.5 Å². The second-order valence-electron chi connectivity index (χ2n) is 7.53. The van der Waals surface area contributed by atoms with E-state index in [4.69, 9.17) is 4.42 Å². The number of hydrogen-bond acceptors (Lipinski definition) is 5. The van der Waals surface area contributed by atoms with Gasteiger partial charge in [-0.2, -0.15) is 0 Å². The Balaban J connectivity index is 1.45. The molecule has 1 aliphatic carbocycles. The maximum absolute atomic E-state index is 12.6. The summed E-state index contributed by atoms with van der Waals surface area (Å²) in [5, 5.41) is 12.0. The third-order valence-electron chi connectivity index (χ3n) is 5.96. The maximum atomic E-state index is 12.6. The predicted octanol–water partition coefficient (Wildman–Crippen LogP) is 3.21. The molecule has 0 aliphatic heterocycles. The Bertz CT molecular complexity index is 1160. The van der Waals surface area contributed by atoms with Gasteiger partial charge in [0, 0.05) is 18.2 Å². The quantitative estimate of drug-likeness (QED) is 0.568. The Labute approximate surface area is 161 Å². The van der Waals surface area contributed by atoms with Crippen LogP contribution in [0.25, 0.3) is 16.8 Å². The zero-order valence-electron chi connectivity index (χ0n) is 15.8. The van der Waals surface area contributed by atoms with E-state index in [-0.39, 0.29) is 17.9 Å². The minimum atomic E-state index is -0.0740. The Morgan fingerprint density at radius 3 is 3.04 bits per heavy atom. The van der Waals surface area contributed by atoms with Crippen LogP contribution in [0.3, 0.4) is 0 Å². The Hall–Kier alpha value is -3.16. The van der Waals surface area contributed by atoms with Crippen molar-refractivity contribution in [2.45, 2.75) is 45.1 Å². The van der Waals surface area contributed by atoms with E-state index in [2.05, 4.69) is 36.8 Å². The molecule has 0 spiro atoms. The van der Waals surface area contributed by atoms with Crippen molar-refractivity contribution < 1.29 is 9.21 Å². The summed E-state index contributed by atoms with van der Waals surface area (Å²) in [5.41, 5.74) is 3.15. The van der Waals surface area contributed by atoms with Crippen LogP contribution in [0.4, 0.5) is 0 Å². The van der Waals surface area contributed by atoms with Crippen LogP contribution in [-0.4, -0.2) is 36.5 Å². The maximum Gasteiger partial charge on any atom is 0.255 e. The summed E-state index contributed by atoms with van der Waals surface area (Å²) < 4.78 is 7.36. The fourth-order valence-corrected chi connectivity index (χ4v) is 4.53. The third kappa shape index (κ3) is 2.59. The number of aryl methyl sites for hydroxylation is 1. The molecule has 1 fully saturated rings. The highest BCUT2D eigenvalue weighted by molar-refractivity contribution is 5.95. The lowest BCUT2D eigenvalue weighted by Crippen LogP contribution is -2.33. The lowest BCUT2D eigenvalue weighted by atomic mass is 9.93. The van der Waals surface area contributed by atoms with E-state index in [0.717, 1.165) is 41.9 Å². The minimum Gasteiger partial charge on any atom is -0.469 e. The molecule has 1 saturated carbocycles. The normalized spacial score (nSPS) is 22.3. The molecule has 144 valence electrons. The van der Waals surface area contributed by atoms with Gasteiger partial charge in [0.2, 0.25) is 0 Å². The zero-order valence-corrected chi connectivity index (χ0v) is 15.8. The number of furan rings is 1. The highest BCUT2D eigenvalue weighted by Crippen LogP contribution is 2.41. The fourth-order valence-electron chi connectivity index (χ4n) is 4.53. The number of aromatic amines is 1. The molecule has 0 bridgehead atoms. The van der Waals surface area contributed by atoms with Crippen LogP contribution in [0.15, 0.2) is 35.2 Å². The fraction of sp³-hybridized carbons (Fsp3) is 0.400. The summed E-state index contributed by atoms with van der Waals surface area (Å²) in [6.45, 7) is 4.00. The standard InChI is InChI=1S/C20H22N6O2/c1-3-12-8-13(23-20(27)14-5-7-28-11(14)2)9-15(12)19-25-24-17-10-22-18-16(26(17)19)4-6-21-18/h4-7,10,12-13,15,21H,3,8-9H2,1-2H3,(H,23,27)/t12-,13+,15+/m1/s1. The molecule has 3 atom stereocenters. The number of hydrogen-bond donors (Lipinski definition) is 2. The van der Waals surface area contributed by atoms with Crippen LogP contribution in [-0.2, 0) is 0 Å². The summed E-state index contributed by atoms with van der Waals surface area (Å²) in [7, 11) is 0. The van der Waals surface area contributed by atoms with Gasteiger partial charge < -0.3 is 14.7 Å². The molecule has 0 aromatic carbocycles. The molecule has 1 amide bonds. The molecule has 0 unspecified atom stereocenters. The van der Waals surface area contributed by atoms with Gasteiger partial charge in [0.05, 0.1) is 23.5 Å². The van der Waals surface area contributed by atoms with Gasteiger partial charge in [-0.15, -0.1) is 10.2 Å². The van der Waals surface area contributed by atoms with E-state index in [9.17, 15) is 4.79 Å². The third-order valence-corrected chi connectivity index (χ3v) is 5.96. The van der Waals surface area contributed by atoms with Gasteiger partial charge in [-0.3, -0.25) is 9.20 Å². The molecular formula is C20H22N6O2. The van der Waals surface area contributed by atoms with Crippen LogP contribution in [0.5, 0.6) is 0 Å². The van der Waals surface area contributed by atoms with Gasteiger partial charge in [-0.05, 0) is 37.8 Å². The average Bonchev–Trinajstić information content (AvgIpc) is 3.45. The average molecular weight is 378 g/mol. The molecule has 2 N–H and O–H groups in total. The molecular weight excluding hydrogens is 356 g/mol. The van der Waals surface area contributed by atoms with Crippen molar-refractivity contribution in [3.63, 3.8) is 0 Å². The van der Waals surface area contributed by atoms with Gasteiger partial charge in [0.25, 0.3) is 5.91 Å². The van der Waals surface area contributed by atoms with E-state index in [0.29, 0.717) is 17.2 Å². The van der Waals surface area contributed by atoms with E-state index in [1.807, 2.05) is 12.3 Å². The molecule has 4 aromatic rings. The number of H-pyrrole nitrogens is 1. The van der Waals surface area contributed by atoms with Crippen molar-refractivity contribution >= 4 is 22.7 Å². The molecule has 4 heterocycles. The first kappa shape index (κ1) is 17.0. The van der Waals surface area contributed by atoms with Crippen molar-refractivity contribution in [2.75, 3.05) is 0 Å². The Morgan fingerprint density at radius 2 is 2.25 bits per heavy atom. The number of amides is 1. The van der Waals surface area contributed by atoms with Gasteiger partial charge in [0.1, 0.15) is 11.6 Å². The van der Waals surface area contributed by atoms with E-state index in [1.165, 1.54) is 0 Å². The molecule has 0 saturated heterocycles. The van der Waals surface area contributed by atoms with Gasteiger partial charge in [0.15, 0.2) is 11.3 Å². The summed E-state index contributed by atoms with van der Waals surface area (Å²) >= 11 is 0. The molecule has 4 aromatic heterocycles. The van der Waals surface area contributed by atoms with Crippen LogP contribution in [0, 0.1) is 12.8 Å². The number of carbonyl (C=O) groups is 1. The van der Waals surface area contributed by atoms with E-state index >= 15 is 0 Å². The van der Waals surface area contributed by atoms with Crippen LogP contribution in [0.2, 0.25) is 0 Å². The van der Waals surface area contributed by atoms with E-state index < -0.39 is 0 Å². The van der Waals surface area contributed by atoms with Crippen molar-refractivity contribution in [3.8, 4) is 0 Å². The molecule has 8 heteroatoms. The van der Waals surface area contributed by atoms with Crippen molar-refractivity contribution in [1.82, 2.24) is 29.9 Å². The summed E-state index contributed by atoms with van der Waals surface area (Å²) in [6.07, 6.45) is 7.97. The molecule has 28 heavy (non-hydrogen) atoms. The molecule has 5 rings (SSSR count). The van der Waals surface area contributed by atoms with Crippen molar-refractivity contribution in [2.24, 2.45) is 5.92 Å². The smallest absolute Gasteiger partial charge is 0.255 e. The van der Waals surface area contributed by atoms with Gasteiger partial charge in [-0.25, -0.2) is 4.98 Å². The molecule has 8 nitrogen and oxygen atoms in total. The SMILES string of the molecule is CC[C@@H]1C[C@H](NC(=O)c2ccoc2C)C[C@@H]1c1nnc2cnc3[nH]ccc3n12. The molecule has 0 radical (unpaired) electrons. The lowest BCUT2D eigenvalue weighted by Gasteiger charge is -2.15. The number of nitrogens with one attached hydrogen (secondary N) is 2. The first-order valence-corrected chi connectivity index (χ1v) is 9.67. The van der Waals surface area contributed by atoms with Gasteiger partial charge in [-0.1, -0.05) is 13.3 Å². The first-order valence-electron chi connectivity index (χ1n) is 9.67. The Morgan fingerprint density at radius 1 is 1.36 bits per heavy atom. The second-order valence-corrected chi connectivity index (χ2v) is 7.53. The first-order chi connectivity index (χ1) is 13.7. The summed E-state index contributed by atoms with van der Waals surface area (Å²) in [4.78, 5) is 20.1. The lowest BCUT2D eigenvalue weighted by molar-refractivity contribution is 0.0935. The molecule has 1 aliphatic rings. The number of fused-ring (bicyclic) bond motifs is 3. The van der Waals surface area contributed by atoms with Crippen LogP contribution < -0.4 is 5.32 Å². The van der Waals surface area contributed by atoms with Crippen LogP contribution in [0.1, 0.15) is 54.0 Å². The largest absolute Gasteiger partial charge is 0.469 e. The highest BCUT2D eigenvalue weighted by atomic mass is 16.3. The number of rotatable bonds is 4. The summed E-state index contributed by atoms with van der Waals surface area (Å²) in [5.74, 6) is 2.19. The number of aromatic nitrogens is 5. The zero-order chi connectivity index (χ0) is 19.3. The van der Waals surface area contributed by atoms with Gasteiger partial charge >= 0.3 is 0 Å².